The Morgan fingerprint density at radius 2 is 2.14 bits per heavy atom. The molecule has 0 spiro atoms. The van der Waals surface area contributed by atoms with Gasteiger partial charge in [0.1, 0.15) is 0 Å². The summed E-state index contributed by atoms with van der Waals surface area (Å²) in [5, 5.41) is 10.5. The van der Waals surface area contributed by atoms with Gasteiger partial charge in [-0.1, -0.05) is 0 Å². The maximum absolute atomic E-state index is 10.9. The van der Waals surface area contributed by atoms with Gasteiger partial charge in [-0.2, -0.15) is 14.1 Å². The lowest BCUT2D eigenvalue weighted by molar-refractivity contribution is 0.0955. The van der Waals surface area contributed by atoms with Gasteiger partial charge in [0.05, 0.1) is 6.61 Å². The van der Waals surface area contributed by atoms with Crippen LogP contribution in [0.2, 0.25) is 0 Å². The van der Waals surface area contributed by atoms with Gasteiger partial charge >= 0.3 is 6.55 Å². The Morgan fingerprint density at radius 1 is 1.57 bits per heavy atom. The number of aliphatic hydroxyl groups is 1. The molecule has 0 aliphatic heterocycles. The van der Waals surface area contributed by atoms with E-state index in [-0.39, 0.29) is 13.2 Å². The van der Waals surface area contributed by atoms with Crippen molar-refractivity contribution in [1.82, 2.24) is 5.32 Å². The summed E-state index contributed by atoms with van der Waals surface area (Å²) in [6.45, 7) is -3.10. The van der Waals surface area contributed by atoms with Gasteiger partial charge < -0.3 is 5.11 Å². The molecule has 0 fully saturated rings. The van der Waals surface area contributed by atoms with E-state index in [9.17, 15) is 8.78 Å². The summed E-state index contributed by atoms with van der Waals surface area (Å²) in [5.41, 5.74) is 0. The molecule has 0 aromatic heterocycles. The van der Waals surface area contributed by atoms with Crippen molar-refractivity contribution in [3.05, 3.63) is 0 Å². The van der Waals surface area contributed by atoms with Gasteiger partial charge in [0, 0.05) is 6.54 Å². The van der Waals surface area contributed by atoms with E-state index in [1.807, 2.05) is 0 Å². The molecule has 0 aromatic carbocycles. The zero-order valence-electron chi connectivity index (χ0n) is 3.64. The quantitative estimate of drug-likeness (QED) is 0.502. The highest BCUT2D eigenvalue weighted by atomic mass is 19.3. The fraction of sp³-hybridized carbons (Fsp3) is 1.00. The van der Waals surface area contributed by atoms with Crippen molar-refractivity contribution < 1.29 is 13.9 Å². The second-order valence-corrected chi connectivity index (χ2v) is 0.907. The summed E-state index contributed by atoms with van der Waals surface area (Å²) in [6.07, 6.45) is 0. The molecule has 0 atom stereocenters. The minimum atomic E-state index is -2.63. The molecule has 0 saturated carbocycles. The Bertz CT molecular complexity index is 41.9. The predicted molar refractivity (Wildman–Crippen MR) is 20.1 cm³/mol. The van der Waals surface area contributed by atoms with Crippen LogP contribution in [-0.2, 0) is 0 Å². The monoisotopic (exact) mass is 110 g/mol. The van der Waals surface area contributed by atoms with Crippen LogP contribution in [0.15, 0.2) is 0 Å². The summed E-state index contributed by atoms with van der Waals surface area (Å²) in [5.74, 6) is 0. The van der Waals surface area contributed by atoms with Crippen molar-refractivity contribution in [2.24, 2.45) is 0 Å². The summed E-state index contributed by atoms with van der Waals surface area (Å²) in [6, 6.07) is 0. The van der Waals surface area contributed by atoms with Crippen LogP contribution in [0.1, 0.15) is 0 Å². The Kier molecular flexibility index (Phi) is 3.83. The van der Waals surface area contributed by atoms with Gasteiger partial charge in [-0.05, 0) is 0 Å². The van der Waals surface area contributed by atoms with Crippen molar-refractivity contribution >= 4 is 0 Å². The lowest BCUT2D eigenvalue weighted by atomic mass is 10.7. The topological polar surface area (TPSA) is 34.3 Å². The third-order valence-corrected chi connectivity index (χ3v) is 0.367. The number of alkyl halides is 2. The Labute approximate surface area is 40.1 Å². The van der Waals surface area contributed by atoms with Crippen LogP contribution in [-0.4, -0.2) is 24.8 Å². The number of halogens is 2. The second-order valence-electron chi connectivity index (χ2n) is 0.907. The Balaban J connectivity index is 2.68. The van der Waals surface area contributed by atoms with Gasteiger partial charge in [-0.15, -0.1) is 0 Å². The van der Waals surface area contributed by atoms with Gasteiger partial charge in [0.2, 0.25) is 0 Å². The van der Waals surface area contributed by atoms with Crippen molar-refractivity contribution in [3.63, 3.8) is 0 Å². The third-order valence-electron chi connectivity index (χ3n) is 0.367. The van der Waals surface area contributed by atoms with Crippen molar-refractivity contribution in [2.75, 3.05) is 13.2 Å². The predicted octanol–water partition coefficient (Wildman–Crippen LogP) is -0.194. The van der Waals surface area contributed by atoms with Gasteiger partial charge in [-0.25, -0.2) is 0 Å². The number of hydrogen-bond acceptors (Lipinski definition) is 1. The largest absolute Gasteiger partial charge is 0.395 e. The average Bonchev–Trinajstić information content (AvgIpc) is 1.61. The molecular weight excluding hydrogens is 104 g/mol. The highest BCUT2D eigenvalue weighted by Crippen LogP contribution is 1.84. The van der Waals surface area contributed by atoms with Crippen molar-refractivity contribution in [3.8, 4) is 0 Å². The molecule has 0 aromatic rings. The average molecular weight is 110 g/mol. The van der Waals surface area contributed by atoms with Crippen LogP contribution >= 0.6 is 0 Å². The molecule has 0 aliphatic carbocycles. The fourth-order valence-electron chi connectivity index (χ4n) is 0.155. The maximum atomic E-state index is 10.9. The molecular formula is C3H6F2NO. The van der Waals surface area contributed by atoms with Crippen LogP contribution in [0.5, 0.6) is 0 Å². The molecule has 0 heterocycles. The molecule has 0 aliphatic rings. The molecule has 0 saturated heterocycles. The molecule has 43 valence electrons. The molecule has 2 nitrogen and oxygen atoms in total. The first-order valence-electron chi connectivity index (χ1n) is 1.83. The molecule has 0 rings (SSSR count). The number of aliphatic hydroxyl groups excluding tert-OH is 1. The van der Waals surface area contributed by atoms with E-state index in [1.165, 1.54) is 0 Å². The summed E-state index contributed by atoms with van der Waals surface area (Å²) in [4.78, 5) is 0. The molecule has 0 amide bonds. The highest BCUT2D eigenvalue weighted by molar-refractivity contribution is 4.35. The highest BCUT2D eigenvalue weighted by Gasteiger charge is 1.97. The summed E-state index contributed by atoms with van der Waals surface area (Å²) < 4.78 is 21.9. The Morgan fingerprint density at radius 3 is 2.29 bits per heavy atom. The third kappa shape index (κ3) is 5.78. The zero-order valence-corrected chi connectivity index (χ0v) is 3.64. The second kappa shape index (κ2) is 3.95. The van der Waals surface area contributed by atoms with Crippen molar-refractivity contribution in [1.29, 1.82) is 0 Å². The molecule has 0 bridgehead atoms. The van der Waals surface area contributed by atoms with E-state index in [1.54, 1.807) is 0 Å². The molecule has 1 radical (unpaired) electrons. The maximum Gasteiger partial charge on any atom is 0.307 e. The van der Waals surface area contributed by atoms with Gasteiger partial charge in [-0.3, -0.25) is 0 Å². The summed E-state index contributed by atoms with van der Waals surface area (Å²) in [7, 11) is 0. The summed E-state index contributed by atoms with van der Waals surface area (Å²) >= 11 is 0. The molecule has 1 N–H and O–H groups in total. The van der Waals surface area contributed by atoms with E-state index in [4.69, 9.17) is 5.11 Å². The molecule has 0 unspecified atom stereocenters. The molecule has 7 heavy (non-hydrogen) atoms. The van der Waals surface area contributed by atoms with E-state index < -0.39 is 6.55 Å². The first-order chi connectivity index (χ1) is 3.27. The van der Waals surface area contributed by atoms with E-state index >= 15 is 0 Å². The van der Waals surface area contributed by atoms with Gasteiger partial charge in [0.15, 0.2) is 0 Å². The van der Waals surface area contributed by atoms with E-state index in [2.05, 4.69) is 5.32 Å². The Hall–Kier alpha value is -0.220. The van der Waals surface area contributed by atoms with Crippen LogP contribution in [0.4, 0.5) is 8.78 Å². The van der Waals surface area contributed by atoms with E-state index in [0.717, 1.165) is 0 Å². The minimum Gasteiger partial charge on any atom is -0.395 e. The number of hydrogen-bond donors (Lipinski definition) is 1. The van der Waals surface area contributed by atoms with Crippen LogP contribution < -0.4 is 5.32 Å². The van der Waals surface area contributed by atoms with Crippen LogP contribution in [0.25, 0.3) is 0 Å². The van der Waals surface area contributed by atoms with E-state index in [0.29, 0.717) is 0 Å². The lowest BCUT2D eigenvalue weighted by Gasteiger charge is -1.92. The number of nitrogens with zero attached hydrogens (tertiary/aromatic N) is 1. The minimum absolute atomic E-state index is 0.169. The first kappa shape index (κ1) is 6.78. The SMILES string of the molecule is OCC[N]C(F)F. The fourth-order valence-corrected chi connectivity index (χ4v) is 0.155. The standard InChI is InChI=1S/C3H6F2NO/c4-3(5)6-1-2-7/h3,7H,1-2H2. The van der Waals surface area contributed by atoms with Crippen LogP contribution in [0, 0.1) is 0 Å². The van der Waals surface area contributed by atoms with Gasteiger partial charge in [0.25, 0.3) is 0 Å². The lowest BCUT2D eigenvalue weighted by Crippen LogP contribution is -2.15. The first-order valence-corrected chi connectivity index (χ1v) is 1.83. The van der Waals surface area contributed by atoms with Crippen LogP contribution in [0.3, 0.4) is 0 Å². The normalized spacial score (nSPS) is 10.3. The number of rotatable bonds is 3. The van der Waals surface area contributed by atoms with Crippen molar-refractivity contribution in [2.45, 2.75) is 6.55 Å². The zero-order chi connectivity index (χ0) is 5.70. The smallest absolute Gasteiger partial charge is 0.307 e. The molecule has 4 heteroatoms.